The molecule has 0 radical (unpaired) electrons. The summed E-state index contributed by atoms with van der Waals surface area (Å²) in [7, 11) is 3.20. The average molecular weight is 526 g/mol. The molecule has 0 saturated carbocycles. The summed E-state index contributed by atoms with van der Waals surface area (Å²) in [4.78, 5) is 41.1. The van der Waals surface area contributed by atoms with Gasteiger partial charge < -0.3 is 20.4 Å². The number of carbonyl (C=O) groups is 2. The van der Waals surface area contributed by atoms with Gasteiger partial charge in [0, 0.05) is 62.1 Å². The molecule has 2 aliphatic rings. The second-order valence-corrected chi connectivity index (χ2v) is 10.1. The van der Waals surface area contributed by atoms with Gasteiger partial charge in [0.25, 0.3) is 11.6 Å². The minimum atomic E-state index is -0.497. The molecule has 0 unspecified atom stereocenters. The number of amides is 2. The third-order valence-corrected chi connectivity index (χ3v) is 6.57. The summed E-state index contributed by atoms with van der Waals surface area (Å²) in [6, 6.07) is 2.93. The van der Waals surface area contributed by atoms with Crippen LogP contribution in [0.5, 0.6) is 0 Å². The molecule has 3 rings (SSSR count). The number of thiocarbonyl (C=S) groups is 1. The van der Waals surface area contributed by atoms with E-state index in [1.165, 1.54) is 11.0 Å². The Labute approximate surface area is 201 Å². The molecule has 32 heavy (non-hydrogen) atoms. The summed E-state index contributed by atoms with van der Waals surface area (Å²) in [6.45, 7) is 3.09. The summed E-state index contributed by atoms with van der Waals surface area (Å²) < 4.78 is 0.455. The molecular weight excluding hydrogens is 498 g/mol. The normalized spacial score (nSPS) is 23.3. The minimum Gasteiger partial charge on any atom is -0.377 e. The fraction of sp³-hybridized carbons (Fsp3) is 0.571. The highest BCUT2D eigenvalue weighted by atomic mass is 79.9. The Morgan fingerprint density at radius 3 is 2.72 bits per heavy atom. The molecule has 2 fully saturated rings. The average Bonchev–Trinajstić information content (AvgIpc) is 2.72. The van der Waals surface area contributed by atoms with Crippen LogP contribution in [0.3, 0.4) is 0 Å². The number of halogens is 1. The number of anilines is 1. The van der Waals surface area contributed by atoms with Crippen molar-refractivity contribution in [3.05, 3.63) is 32.3 Å². The Bertz CT molecular complexity index is 941. The van der Waals surface area contributed by atoms with Gasteiger partial charge in [-0.2, -0.15) is 0 Å². The van der Waals surface area contributed by atoms with Crippen molar-refractivity contribution in [2.24, 2.45) is 5.92 Å². The van der Waals surface area contributed by atoms with Gasteiger partial charge in [-0.05, 0) is 32.3 Å². The van der Waals surface area contributed by atoms with E-state index in [4.69, 9.17) is 12.2 Å². The standard InChI is InChI=1S/C21H28BrN5O4S/c1-12-7-13(8-18(32)23-12)20(28)26-6-4-5-15(11-26)24-19-16(21(29)25(2)3)9-14(22)10-17(19)27(30)31/h9-10,12-13,15,24H,4-8,11H2,1-3H3,(H,23,32)/t12-,13+,15+/m0/s1. The smallest absolute Gasteiger partial charge is 0.294 e. The van der Waals surface area contributed by atoms with Crippen molar-refractivity contribution in [1.29, 1.82) is 0 Å². The van der Waals surface area contributed by atoms with E-state index < -0.39 is 4.92 Å². The summed E-state index contributed by atoms with van der Waals surface area (Å²) in [5, 5.41) is 18.2. The van der Waals surface area contributed by atoms with Crippen molar-refractivity contribution in [2.45, 2.75) is 44.7 Å². The third-order valence-electron chi connectivity index (χ3n) is 5.82. The van der Waals surface area contributed by atoms with Crippen molar-refractivity contribution >= 4 is 56.3 Å². The summed E-state index contributed by atoms with van der Waals surface area (Å²) in [6.07, 6.45) is 2.79. The molecule has 2 amide bonds. The summed E-state index contributed by atoms with van der Waals surface area (Å²) in [5.41, 5.74) is 0.232. The first-order valence-electron chi connectivity index (χ1n) is 10.6. The lowest BCUT2D eigenvalue weighted by Crippen LogP contribution is -2.50. The zero-order valence-electron chi connectivity index (χ0n) is 18.4. The van der Waals surface area contributed by atoms with Crippen LogP contribution in [0, 0.1) is 16.0 Å². The van der Waals surface area contributed by atoms with Crippen LogP contribution >= 0.6 is 28.1 Å². The van der Waals surface area contributed by atoms with Crippen molar-refractivity contribution < 1.29 is 14.5 Å². The fourth-order valence-electron chi connectivity index (χ4n) is 4.37. The van der Waals surface area contributed by atoms with Gasteiger partial charge in [-0.15, -0.1) is 0 Å². The lowest BCUT2D eigenvalue weighted by molar-refractivity contribution is -0.384. The van der Waals surface area contributed by atoms with Gasteiger partial charge in [0.2, 0.25) is 5.91 Å². The van der Waals surface area contributed by atoms with E-state index in [1.54, 1.807) is 20.2 Å². The molecule has 9 nitrogen and oxygen atoms in total. The van der Waals surface area contributed by atoms with Crippen LogP contribution in [-0.2, 0) is 4.79 Å². The second-order valence-electron chi connectivity index (χ2n) is 8.68. The van der Waals surface area contributed by atoms with E-state index in [-0.39, 0.29) is 46.8 Å². The quantitative estimate of drug-likeness (QED) is 0.345. The van der Waals surface area contributed by atoms with Crippen molar-refractivity contribution in [3.8, 4) is 0 Å². The maximum Gasteiger partial charge on any atom is 0.294 e. The molecule has 2 aliphatic heterocycles. The van der Waals surface area contributed by atoms with Crippen LogP contribution < -0.4 is 10.6 Å². The zero-order valence-corrected chi connectivity index (χ0v) is 20.8. The number of hydrogen-bond acceptors (Lipinski definition) is 6. The summed E-state index contributed by atoms with van der Waals surface area (Å²) in [5.74, 6) is -0.412. The molecule has 0 aliphatic carbocycles. The molecule has 0 spiro atoms. The van der Waals surface area contributed by atoms with Crippen LogP contribution in [0.4, 0.5) is 11.4 Å². The number of nitro benzene ring substituents is 1. The number of benzene rings is 1. The lowest BCUT2D eigenvalue weighted by Gasteiger charge is -2.38. The molecule has 3 atom stereocenters. The Morgan fingerprint density at radius 1 is 1.38 bits per heavy atom. The number of hydrogen-bond donors (Lipinski definition) is 2. The van der Waals surface area contributed by atoms with E-state index in [1.807, 2.05) is 11.8 Å². The molecule has 0 bridgehead atoms. The van der Waals surface area contributed by atoms with Crippen LogP contribution in [0.15, 0.2) is 16.6 Å². The Balaban J connectivity index is 1.82. The first-order valence-corrected chi connectivity index (χ1v) is 11.8. The van der Waals surface area contributed by atoms with E-state index in [2.05, 4.69) is 26.6 Å². The predicted molar refractivity (Wildman–Crippen MR) is 130 cm³/mol. The number of nitro groups is 1. The summed E-state index contributed by atoms with van der Waals surface area (Å²) >= 11 is 8.57. The Kier molecular flexibility index (Phi) is 7.71. The number of rotatable bonds is 5. The van der Waals surface area contributed by atoms with Crippen molar-refractivity contribution in [3.63, 3.8) is 0 Å². The van der Waals surface area contributed by atoms with Crippen LogP contribution in [-0.4, -0.2) is 70.8 Å². The van der Waals surface area contributed by atoms with Crippen LogP contribution in [0.25, 0.3) is 0 Å². The maximum atomic E-state index is 13.2. The predicted octanol–water partition coefficient (Wildman–Crippen LogP) is 3.18. The van der Waals surface area contributed by atoms with Crippen LogP contribution in [0.1, 0.15) is 43.0 Å². The highest BCUT2D eigenvalue weighted by Gasteiger charge is 2.34. The van der Waals surface area contributed by atoms with E-state index in [0.29, 0.717) is 29.0 Å². The van der Waals surface area contributed by atoms with Gasteiger partial charge in [0.05, 0.1) is 15.5 Å². The van der Waals surface area contributed by atoms with Gasteiger partial charge in [-0.25, -0.2) is 0 Å². The molecule has 0 aromatic heterocycles. The number of nitrogens with one attached hydrogen (secondary N) is 2. The second kappa shape index (κ2) is 10.1. The molecule has 1 aromatic carbocycles. The molecule has 2 N–H and O–H groups in total. The van der Waals surface area contributed by atoms with Gasteiger partial charge >= 0.3 is 0 Å². The van der Waals surface area contributed by atoms with Gasteiger partial charge in [-0.3, -0.25) is 19.7 Å². The Morgan fingerprint density at radius 2 is 2.09 bits per heavy atom. The maximum absolute atomic E-state index is 13.2. The minimum absolute atomic E-state index is 0.0714. The number of piperidine rings is 2. The van der Waals surface area contributed by atoms with E-state index >= 15 is 0 Å². The molecule has 11 heteroatoms. The van der Waals surface area contributed by atoms with Crippen molar-refractivity contribution in [1.82, 2.24) is 15.1 Å². The topological polar surface area (TPSA) is 108 Å². The number of nitrogens with zero attached hydrogens (tertiary/aromatic N) is 3. The SMILES string of the molecule is C[C@H]1C[C@@H](C(=O)N2CCC[C@@H](Nc3c(C(=O)N(C)C)cc(Br)cc3[N+](=O)[O-])C2)CC(=S)N1. The fourth-order valence-corrected chi connectivity index (χ4v) is 5.22. The van der Waals surface area contributed by atoms with Gasteiger partial charge in [0.15, 0.2) is 0 Å². The first-order chi connectivity index (χ1) is 15.1. The molecular formula is C21H28BrN5O4S. The molecule has 2 saturated heterocycles. The number of likely N-dealkylation sites (tertiary alicyclic amines) is 1. The third kappa shape index (κ3) is 5.55. The van der Waals surface area contributed by atoms with Crippen LogP contribution in [0.2, 0.25) is 0 Å². The molecule has 2 heterocycles. The first kappa shape index (κ1) is 24.4. The Hall–Kier alpha value is -2.27. The van der Waals surface area contributed by atoms with Gasteiger partial charge in [0.1, 0.15) is 5.69 Å². The highest BCUT2D eigenvalue weighted by molar-refractivity contribution is 9.10. The largest absolute Gasteiger partial charge is 0.377 e. The monoisotopic (exact) mass is 525 g/mol. The lowest BCUT2D eigenvalue weighted by atomic mass is 9.91. The highest BCUT2D eigenvalue weighted by Crippen LogP contribution is 2.35. The van der Waals surface area contributed by atoms with Gasteiger partial charge in [-0.1, -0.05) is 28.1 Å². The zero-order chi connectivity index (χ0) is 23.6. The number of carbonyl (C=O) groups excluding carboxylic acids is 2. The molecule has 174 valence electrons. The molecule has 1 aromatic rings. The van der Waals surface area contributed by atoms with Crippen molar-refractivity contribution in [2.75, 3.05) is 32.5 Å². The van der Waals surface area contributed by atoms with E-state index in [9.17, 15) is 19.7 Å². The van der Waals surface area contributed by atoms with E-state index in [0.717, 1.165) is 19.3 Å².